The van der Waals surface area contributed by atoms with Crippen LogP contribution >= 0.6 is 0 Å². The molecule has 2 aromatic heterocycles. The number of aliphatic hydroxyl groups is 1. The fraction of sp³-hybridized carbons (Fsp3) is 0.222. The van der Waals surface area contributed by atoms with E-state index in [9.17, 15) is 9.90 Å². The molecule has 0 spiro atoms. The molecule has 24 heavy (non-hydrogen) atoms. The summed E-state index contributed by atoms with van der Waals surface area (Å²) in [6, 6.07) is 14.5. The number of nitrogens with zero attached hydrogens (tertiary/aromatic N) is 2. The first-order valence-electron chi connectivity index (χ1n) is 7.61. The summed E-state index contributed by atoms with van der Waals surface area (Å²) in [5.74, 6) is 0.670. The third-order valence-corrected chi connectivity index (χ3v) is 3.62. The summed E-state index contributed by atoms with van der Waals surface area (Å²) in [7, 11) is 0. The van der Waals surface area contributed by atoms with E-state index in [2.05, 4.69) is 5.16 Å². The van der Waals surface area contributed by atoms with Crippen molar-refractivity contribution in [3.8, 4) is 0 Å². The molecule has 1 atom stereocenters. The fourth-order valence-corrected chi connectivity index (χ4v) is 2.43. The monoisotopic (exact) mass is 326 g/mol. The minimum atomic E-state index is -0.916. The molecule has 0 aliphatic heterocycles. The number of hydrogen-bond donors (Lipinski definition) is 1. The van der Waals surface area contributed by atoms with E-state index in [0.29, 0.717) is 18.1 Å². The fourth-order valence-electron chi connectivity index (χ4n) is 2.43. The Labute approximate surface area is 139 Å². The summed E-state index contributed by atoms with van der Waals surface area (Å²) in [5.41, 5.74) is 1.17. The van der Waals surface area contributed by atoms with Gasteiger partial charge in [0, 0.05) is 12.6 Å². The highest BCUT2D eigenvalue weighted by atomic mass is 16.5. The molecule has 0 aliphatic carbocycles. The van der Waals surface area contributed by atoms with Crippen molar-refractivity contribution in [3.05, 3.63) is 77.6 Å². The van der Waals surface area contributed by atoms with Crippen molar-refractivity contribution >= 4 is 5.91 Å². The van der Waals surface area contributed by atoms with E-state index in [1.54, 1.807) is 25.1 Å². The number of aryl methyl sites for hydroxylation is 1. The number of carbonyl (C=O) groups excluding carboxylic acids is 1. The number of aliphatic hydroxyl groups excluding tert-OH is 1. The Hall–Kier alpha value is -2.86. The van der Waals surface area contributed by atoms with Crippen LogP contribution in [0.15, 0.2) is 63.7 Å². The Morgan fingerprint density at radius 1 is 1.25 bits per heavy atom. The molecule has 0 radical (unpaired) electrons. The largest absolute Gasteiger partial charge is 0.467 e. The van der Waals surface area contributed by atoms with Gasteiger partial charge in [0.1, 0.15) is 17.6 Å². The molecule has 0 fully saturated rings. The predicted molar refractivity (Wildman–Crippen MR) is 86.1 cm³/mol. The molecule has 2 heterocycles. The van der Waals surface area contributed by atoms with Gasteiger partial charge in [-0.05, 0) is 24.6 Å². The molecule has 1 aromatic carbocycles. The number of rotatable bonds is 6. The van der Waals surface area contributed by atoms with Gasteiger partial charge in [-0.1, -0.05) is 35.5 Å². The standard InChI is InChI=1S/C18H18N2O4/c1-13-10-15(19-24-13)18(22)20(11-14-6-3-2-4-7-14)12-16(21)17-8-5-9-23-17/h2-10,16,21H,11-12H2,1H3. The van der Waals surface area contributed by atoms with Crippen LogP contribution < -0.4 is 0 Å². The second-order valence-corrected chi connectivity index (χ2v) is 5.53. The maximum absolute atomic E-state index is 12.7. The van der Waals surface area contributed by atoms with Crippen LogP contribution in [0.4, 0.5) is 0 Å². The lowest BCUT2D eigenvalue weighted by Crippen LogP contribution is -2.34. The molecule has 6 nitrogen and oxygen atoms in total. The van der Waals surface area contributed by atoms with Crippen molar-refractivity contribution in [2.24, 2.45) is 0 Å². The first-order chi connectivity index (χ1) is 11.6. The summed E-state index contributed by atoms with van der Waals surface area (Å²) in [5, 5.41) is 14.1. The summed E-state index contributed by atoms with van der Waals surface area (Å²) in [4.78, 5) is 14.3. The lowest BCUT2D eigenvalue weighted by Gasteiger charge is -2.24. The van der Waals surface area contributed by atoms with Crippen molar-refractivity contribution in [2.45, 2.75) is 19.6 Å². The third-order valence-electron chi connectivity index (χ3n) is 3.62. The Morgan fingerprint density at radius 2 is 2.04 bits per heavy atom. The molecule has 1 amide bonds. The number of benzene rings is 1. The Bertz CT molecular complexity index is 780. The molecule has 6 heteroatoms. The average Bonchev–Trinajstić information content (AvgIpc) is 3.26. The van der Waals surface area contributed by atoms with Gasteiger partial charge in [0.15, 0.2) is 5.69 Å². The quantitative estimate of drug-likeness (QED) is 0.753. The molecule has 124 valence electrons. The molecule has 0 aliphatic rings. The molecular formula is C18H18N2O4. The smallest absolute Gasteiger partial charge is 0.276 e. The van der Waals surface area contributed by atoms with Crippen LogP contribution in [0.5, 0.6) is 0 Å². The van der Waals surface area contributed by atoms with E-state index < -0.39 is 6.10 Å². The number of hydrogen-bond acceptors (Lipinski definition) is 5. The summed E-state index contributed by atoms with van der Waals surface area (Å²) >= 11 is 0. The topological polar surface area (TPSA) is 79.7 Å². The van der Waals surface area contributed by atoms with Gasteiger partial charge in [-0.25, -0.2) is 0 Å². The van der Waals surface area contributed by atoms with Gasteiger partial charge in [0.25, 0.3) is 5.91 Å². The van der Waals surface area contributed by atoms with E-state index >= 15 is 0 Å². The molecule has 0 saturated heterocycles. The first-order valence-corrected chi connectivity index (χ1v) is 7.61. The number of carbonyl (C=O) groups is 1. The van der Waals surface area contributed by atoms with Crippen LogP contribution in [-0.4, -0.2) is 27.6 Å². The van der Waals surface area contributed by atoms with E-state index in [-0.39, 0.29) is 18.1 Å². The van der Waals surface area contributed by atoms with Gasteiger partial charge in [-0.15, -0.1) is 0 Å². The molecular weight excluding hydrogens is 308 g/mol. The van der Waals surface area contributed by atoms with Gasteiger partial charge in [-0.2, -0.15) is 0 Å². The minimum absolute atomic E-state index is 0.0904. The molecule has 1 unspecified atom stereocenters. The average molecular weight is 326 g/mol. The molecule has 0 bridgehead atoms. The first kappa shape index (κ1) is 16.0. The van der Waals surface area contributed by atoms with Crippen LogP contribution in [0.2, 0.25) is 0 Å². The SMILES string of the molecule is Cc1cc(C(=O)N(Cc2ccccc2)CC(O)c2ccco2)no1. The van der Waals surface area contributed by atoms with Crippen molar-refractivity contribution < 1.29 is 18.8 Å². The Morgan fingerprint density at radius 3 is 2.67 bits per heavy atom. The van der Waals surface area contributed by atoms with Crippen LogP contribution in [0, 0.1) is 6.92 Å². The van der Waals surface area contributed by atoms with Gasteiger partial charge in [0.2, 0.25) is 0 Å². The highest BCUT2D eigenvalue weighted by Gasteiger charge is 2.24. The zero-order chi connectivity index (χ0) is 16.9. The van der Waals surface area contributed by atoms with Crippen LogP contribution in [0.25, 0.3) is 0 Å². The van der Waals surface area contributed by atoms with Crippen molar-refractivity contribution in [1.82, 2.24) is 10.1 Å². The predicted octanol–water partition coefficient (Wildman–Crippen LogP) is 2.95. The summed E-state index contributed by atoms with van der Waals surface area (Å²) in [6.45, 7) is 2.17. The summed E-state index contributed by atoms with van der Waals surface area (Å²) in [6.07, 6.45) is 0.573. The molecule has 3 aromatic rings. The lowest BCUT2D eigenvalue weighted by atomic mass is 10.1. The maximum atomic E-state index is 12.7. The van der Waals surface area contributed by atoms with Crippen LogP contribution in [-0.2, 0) is 6.54 Å². The highest BCUT2D eigenvalue weighted by molar-refractivity contribution is 5.92. The second kappa shape index (κ2) is 7.14. The van der Waals surface area contributed by atoms with Gasteiger partial charge in [0.05, 0.1) is 12.8 Å². The number of amides is 1. The summed E-state index contributed by atoms with van der Waals surface area (Å²) < 4.78 is 10.2. The third kappa shape index (κ3) is 3.72. The molecule has 1 N–H and O–H groups in total. The minimum Gasteiger partial charge on any atom is -0.467 e. The van der Waals surface area contributed by atoms with Crippen molar-refractivity contribution in [2.75, 3.05) is 6.54 Å². The van der Waals surface area contributed by atoms with Gasteiger partial charge < -0.3 is 18.9 Å². The van der Waals surface area contributed by atoms with E-state index in [1.165, 1.54) is 11.2 Å². The van der Waals surface area contributed by atoms with Gasteiger partial charge in [-0.3, -0.25) is 4.79 Å². The van der Waals surface area contributed by atoms with E-state index in [1.807, 2.05) is 30.3 Å². The normalized spacial score (nSPS) is 12.1. The Kier molecular flexibility index (Phi) is 4.77. The molecule has 0 saturated carbocycles. The Balaban J connectivity index is 1.81. The zero-order valence-corrected chi connectivity index (χ0v) is 13.3. The maximum Gasteiger partial charge on any atom is 0.276 e. The highest BCUT2D eigenvalue weighted by Crippen LogP contribution is 2.18. The number of aromatic nitrogens is 1. The second-order valence-electron chi connectivity index (χ2n) is 5.53. The van der Waals surface area contributed by atoms with Crippen molar-refractivity contribution in [3.63, 3.8) is 0 Å². The van der Waals surface area contributed by atoms with Crippen LogP contribution in [0.1, 0.15) is 33.7 Å². The van der Waals surface area contributed by atoms with Gasteiger partial charge >= 0.3 is 0 Å². The number of furan rings is 1. The van der Waals surface area contributed by atoms with E-state index in [4.69, 9.17) is 8.94 Å². The molecule has 3 rings (SSSR count). The van der Waals surface area contributed by atoms with Crippen LogP contribution in [0.3, 0.4) is 0 Å². The lowest BCUT2D eigenvalue weighted by molar-refractivity contribution is 0.0554. The van der Waals surface area contributed by atoms with Crippen molar-refractivity contribution in [1.29, 1.82) is 0 Å². The van der Waals surface area contributed by atoms with E-state index in [0.717, 1.165) is 5.56 Å². The zero-order valence-electron chi connectivity index (χ0n) is 13.3.